The number of hydrogen-bond acceptors (Lipinski definition) is 5. The van der Waals surface area contributed by atoms with Crippen LogP contribution in [0.15, 0.2) is 0 Å². The molecule has 3 N–H and O–H groups in total. The van der Waals surface area contributed by atoms with Crippen LogP contribution in [0.25, 0.3) is 0 Å². The molecule has 6 nitrogen and oxygen atoms in total. The Kier molecular flexibility index (Phi) is 7.37. The van der Waals surface area contributed by atoms with Crippen LogP contribution >= 0.6 is 0 Å². The zero-order valence-electron chi connectivity index (χ0n) is 18.2. The number of rotatable bonds is 8. The van der Waals surface area contributed by atoms with Gasteiger partial charge in [-0.2, -0.15) is 0 Å². The zero-order valence-corrected chi connectivity index (χ0v) is 19.2. The summed E-state index contributed by atoms with van der Waals surface area (Å²) in [6.07, 6.45) is 4.65. The molecule has 28 heavy (non-hydrogen) atoms. The minimum Gasteiger partial charge on any atom is -0.464 e. The van der Waals surface area contributed by atoms with E-state index in [4.69, 9.17) is 4.74 Å². The third-order valence-corrected chi connectivity index (χ3v) is 8.34. The number of nitrogens with one attached hydrogen (secondary N) is 1. The highest BCUT2D eigenvalue weighted by atomic mass is 28.3. The maximum Gasteiger partial charge on any atom is 0.337 e. The van der Waals surface area contributed by atoms with Crippen molar-refractivity contribution in [3.63, 3.8) is 0 Å². The summed E-state index contributed by atoms with van der Waals surface area (Å²) in [6, 6.07) is 0.794. The quantitative estimate of drug-likeness (QED) is 0.420. The highest BCUT2D eigenvalue weighted by Gasteiger charge is 2.69. The monoisotopic (exact) mass is 413 g/mol. The molecule has 0 bridgehead atoms. The first-order valence-electron chi connectivity index (χ1n) is 10.9. The summed E-state index contributed by atoms with van der Waals surface area (Å²) in [5, 5.41) is 25.5. The topological polar surface area (TPSA) is 95.9 Å². The second-order valence-corrected chi connectivity index (χ2v) is 15.7. The molecule has 2 aliphatic rings. The fourth-order valence-electron chi connectivity index (χ4n) is 4.76. The van der Waals surface area contributed by atoms with Crippen molar-refractivity contribution in [3.05, 3.63) is 0 Å². The first-order valence-corrected chi connectivity index (χ1v) is 14.6. The van der Waals surface area contributed by atoms with Crippen LogP contribution in [0, 0.1) is 11.8 Å². The molecule has 1 saturated carbocycles. The first-order chi connectivity index (χ1) is 13.0. The molecule has 0 aromatic heterocycles. The Balaban J connectivity index is 2.35. The van der Waals surface area contributed by atoms with Gasteiger partial charge in [-0.3, -0.25) is 4.79 Å². The van der Waals surface area contributed by atoms with Crippen molar-refractivity contribution in [3.8, 4) is 0 Å². The predicted molar refractivity (Wildman–Crippen MR) is 112 cm³/mol. The second-order valence-electron chi connectivity index (χ2n) is 10.1. The van der Waals surface area contributed by atoms with Crippen LogP contribution in [0.4, 0.5) is 0 Å². The van der Waals surface area contributed by atoms with E-state index < -0.39 is 37.2 Å². The third-order valence-electron chi connectivity index (χ3n) is 6.64. The first kappa shape index (κ1) is 23.4. The number of aliphatic hydroxyl groups excluding tert-OH is 1. The van der Waals surface area contributed by atoms with Crippen molar-refractivity contribution in [2.45, 2.75) is 102 Å². The van der Waals surface area contributed by atoms with Crippen molar-refractivity contribution in [1.29, 1.82) is 0 Å². The van der Waals surface area contributed by atoms with E-state index in [9.17, 15) is 19.8 Å². The van der Waals surface area contributed by atoms with Gasteiger partial charge in [0.15, 0.2) is 5.54 Å². The highest BCUT2D eigenvalue weighted by Crippen LogP contribution is 2.45. The molecule has 0 aromatic carbocycles. The fourth-order valence-corrected chi connectivity index (χ4v) is 5.47. The Hall–Kier alpha value is -0.923. The summed E-state index contributed by atoms with van der Waals surface area (Å²) >= 11 is 0. The summed E-state index contributed by atoms with van der Waals surface area (Å²) in [5.41, 5.74) is -3.50. The van der Waals surface area contributed by atoms with Crippen LogP contribution in [0.5, 0.6) is 0 Å². The lowest BCUT2D eigenvalue weighted by Crippen LogP contribution is -2.71. The molecule has 1 heterocycles. The normalized spacial score (nSPS) is 32.8. The minimum atomic E-state index is -1.80. The highest BCUT2D eigenvalue weighted by molar-refractivity contribution is 6.76. The molecule has 0 unspecified atom stereocenters. The van der Waals surface area contributed by atoms with E-state index in [0.717, 1.165) is 38.1 Å². The second kappa shape index (κ2) is 8.84. The smallest absolute Gasteiger partial charge is 0.337 e. The SMILES string of the molecule is CCC[C@H]1C(=O)N[C@](C(=O)OCC[Si](C)(C)C)([C@@H](O)C2CCCCC2)[C@@]1(C)O. The van der Waals surface area contributed by atoms with E-state index in [1.807, 2.05) is 6.92 Å². The number of carbonyl (C=O) groups is 2. The van der Waals surface area contributed by atoms with Crippen LogP contribution in [-0.2, 0) is 14.3 Å². The fraction of sp³-hybridized carbons (Fsp3) is 0.905. The molecule has 0 spiro atoms. The molecule has 2 fully saturated rings. The Labute approximate surface area is 170 Å². The molecular weight excluding hydrogens is 374 g/mol. The van der Waals surface area contributed by atoms with Gasteiger partial charge in [0.1, 0.15) is 5.60 Å². The van der Waals surface area contributed by atoms with Crippen LogP contribution < -0.4 is 5.32 Å². The van der Waals surface area contributed by atoms with E-state index in [-0.39, 0.29) is 18.4 Å². The zero-order chi connectivity index (χ0) is 21.2. The number of amides is 1. The van der Waals surface area contributed by atoms with Crippen molar-refractivity contribution in [1.82, 2.24) is 5.32 Å². The molecule has 0 aromatic rings. The number of hydrogen-bond donors (Lipinski definition) is 3. The standard InChI is InChI=1S/C21H39NO5Si/c1-6-10-16-18(24)22-21(20(16,2)26,17(23)15-11-8-7-9-12-15)19(25)27-13-14-28(3,4)5/h15-17,23,26H,6-14H2,1-5H3,(H,22,24)/t16-,17-,20-,21-/m0/s1. The van der Waals surface area contributed by atoms with Gasteiger partial charge in [-0.05, 0) is 38.1 Å². The molecule has 7 heteroatoms. The van der Waals surface area contributed by atoms with Gasteiger partial charge in [0, 0.05) is 8.07 Å². The lowest BCUT2D eigenvalue weighted by molar-refractivity contribution is -0.178. The number of aliphatic hydroxyl groups is 2. The van der Waals surface area contributed by atoms with Gasteiger partial charge in [0.2, 0.25) is 5.91 Å². The summed E-state index contributed by atoms with van der Waals surface area (Å²) in [6.45, 7) is 10.3. The number of esters is 1. The molecule has 0 radical (unpaired) electrons. The van der Waals surface area contributed by atoms with E-state index in [1.54, 1.807) is 0 Å². The van der Waals surface area contributed by atoms with Gasteiger partial charge < -0.3 is 20.3 Å². The van der Waals surface area contributed by atoms with Crippen molar-refractivity contribution in [2.24, 2.45) is 11.8 Å². The summed E-state index contributed by atoms with van der Waals surface area (Å²) in [4.78, 5) is 26.0. The maximum atomic E-state index is 13.3. The maximum absolute atomic E-state index is 13.3. The molecule has 1 saturated heterocycles. The minimum absolute atomic E-state index is 0.134. The molecule has 162 valence electrons. The lowest BCUT2D eigenvalue weighted by atomic mass is 9.67. The van der Waals surface area contributed by atoms with E-state index in [0.29, 0.717) is 12.8 Å². The van der Waals surface area contributed by atoms with Crippen LogP contribution in [0.1, 0.15) is 58.8 Å². The molecular formula is C21H39NO5Si. The van der Waals surface area contributed by atoms with Gasteiger partial charge in [-0.25, -0.2) is 4.79 Å². The van der Waals surface area contributed by atoms with Crippen molar-refractivity contribution >= 4 is 20.0 Å². The average molecular weight is 414 g/mol. The number of ether oxygens (including phenoxy) is 1. The molecule has 1 aliphatic heterocycles. The van der Waals surface area contributed by atoms with Crippen LogP contribution in [0.2, 0.25) is 25.7 Å². The molecule has 2 rings (SSSR count). The average Bonchev–Trinajstić information content (AvgIpc) is 2.82. The van der Waals surface area contributed by atoms with Gasteiger partial charge in [0.05, 0.1) is 18.6 Å². The molecule has 1 aliphatic carbocycles. The van der Waals surface area contributed by atoms with Gasteiger partial charge in [0.25, 0.3) is 0 Å². The van der Waals surface area contributed by atoms with Gasteiger partial charge in [-0.15, -0.1) is 0 Å². The Morgan fingerprint density at radius 2 is 1.89 bits per heavy atom. The molecule has 4 atom stereocenters. The van der Waals surface area contributed by atoms with Gasteiger partial charge in [-0.1, -0.05) is 52.2 Å². The van der Waals surface area contributed by atoms with Gasteiger partial charge >= 0.3 is 5.97 Å². The van der Waals surface area contributed by atoms with Crippen LogP contribution in [0.3, 0.4) is 0 Å². The van der Waals surface area contributed by atoms with E-state index in [2.05, 4.69) is 25.0 Å². The predicted octanol–water partition coefficient (Wildman–Crippen LogP) is 2.84. The Bertz CT molecular complexity index is 568. The molecule has 1 amide bonds. The Morgan fingerprint density at radius 3 is 2.43 bits per heavy atom. The van der Waals surface area contributed by atoms with E-state index >= 15 is 0 Å². The van der Waals surface area contributed by atoms with Crippen molar-refractivity contribution < 1.29 is 24.5 Å². The van der Waals surface area contributed by atoms with Crippen molar-refractivity contribution in [2.75, 3.05) is 6.61 Å². The van der Waals surface area contributed by atoms with Crippen LogP contribution in [-0.4, -0.2) is 54.0 Å². The Morgan fingerprint density at radius 1 is 1.29 bits per heavy atom. The summed E-state index contributed by atoms with van der Waals surface area (Å²) in [5.74, 6) is -1.93. The lowest BCUT2D eigenvalue weighted by Gasteiger charge is -2.45. The summed E-state index contributed by atoms with van der Waals surface area (Å²) < 4.78 is 5.59. The largest absolute Gasteiger partial charge is 0.464 e. The summed E-state index contributed by atoms with van der Waals surface area (Å²) in [7, 11) is -1.41. The van der Waals surface area contributed by atoms with E-state index in [1.165, 1.54) is 6.92 Å². The third kappa shape index (κ3) is 4.46. The number of carbonyl (C=O) groups excluding carboxylic acids is 2.